The minimum absolute atomic E-state index is 0.170. The first-order chi connectivity index (χ1) is 15.1. The van der Waals surface area contributed by atoms with Gasteiger partial charge in [0.1, 0.15) is 17.2 Å². The van der Waals surface area contributed by atoms with Crippen molar-refractivity contribution in [1.82, 2.24) is 9.55 Å². The first-order valence-corrected chi connectivity index (χ1v) is 10.6. The molecule has 1 unspecified atom stereocenters. The van der Waals surface area contributed by atoms with E-state index in [1.165, 1.54) is 5.56 Å². The number of aryl methyl sites for hydroxylation is 2. The monoisotopic (exact) mass is 416 g/mol. The summed E-state index contributed by atoms with van der Waals surface area (Å²) in [6.45, 7) is 5.53. The standard InChI is InChI=1S/C26H28N2O3/c1-19-8-6-9-23(18-19)31-20(2)26-27-24-10-4-5-11-25(24)28(26)16-7-17-30-22-14-12-21(29-3)13-15-22/h4-6,8-15,18,20H,7,16-17H2,1-3H3. The van der Waals surface area contributed by atoms with E-state index in [0.29, 0.717) is 6.61 Å². The fourth-order valence-electron chi connectivity index (χ4n) is 3.67. The largest absolute Gasteiger partial charge is 0.497 e. The van der Waals surface area contributed by atoms with Gasteiger partial charge in [0, 0.05) is 6.54 Å². The molecule has 4 aromatic rings. The van der Waals surface area contributed by atoms with Crippen LogP contribution in [0.15, 0.2) is 72.8 Å². The van der Waals surface area contributed by atoms with Crippen molar-refractivity contribution >= 4 is 11.0 Å². The zero-order chi connectivity index (χ0) is 21.6. The van der Waals surface area contributed by atoms with Crippen LogP contribution >= 0.6 is 0 Å². The van der Waals surface area contributed by atoms with Gasteiger partial charge in [-0.05, 0) is 74.4 Å². The molecule has 0 radical (unpaired) electrons. The number of imidazole rings is 1. The molecule has 0 saturated carbocycles. The highest BCUT2D eigenvalue weighted by atomic mass is 16.5. The number of ether oxygens (including phenoxy) is 3. The van der Waals surface area contributed by atoms with Gasteiger partial charge in [0.25, 0.3) is 0 Å². The Labute approximate surface area is 183 Å². The van der Waals surface area contributed by atoms with Crippen LogP contribution in [0.1, 0.15) is 30.8 Å². The van der Waals surface area contributed by atoms with Gasteiger partial charge in [-0.25, -0.2) is 4.98 Å². The van der Waals surface area contributed by atoms with Gasteiger partial charge in [0.15, 0.2) is 11.9 Å². The third-order valence-corrected chi connectivity index (χ3v) is 5.20. The van der Waals surface area contributed by atoms with Gasteiger partial charge in [0.05, 0.1) is 24.8 Å². The first-order valence-electron chi connectivity index (χ1n) is 10.6. The molecule has 160 valence electrons. The van der Waals surface area contributed by atoms with Gasteiger partial charge < -0.3 is 18.8 Å². The van der Waals surface area contributed by atoms with E-state index in [9.17, 15) is 0 Å². The Kier molecular flexibility index (Phi) is 6.41. The molecular formula is C26H28N2O3. The molecule has 3 aromatic carbocycles. The average molecular weight is 417 g/mol. The number of hydrogen-bond acceptors (Lipinski definition) is 4. The molecule has 0 amide bonds. The lowest BCUT2D eigenvalue weighted by Crippen LogP contribution is -2.13. The van der Waals surface area contributed by atoms with E-state index < -0.39 is 0 Å². The molecule has 0 aliphatic rings. The SMILES string of the molecule is COc1ccc(OCCCn2c(C(C)Oc3cccc(C)c3)nc3ccccc32)cc1. The highest BCUT2D eigenvalue weighted by Crippen LogP contribution is 2.26. The van der Waals surface area contributed by atoms with Crippen molar-refractivity contribution in [3.8, 4) is 17.2 Å². The first kappa shape index (κ1) is 20.8. The molecule has 0 fully saturated rings. The second-order valence-electron chi connectivity index (χ2n) is 7.56. The molecule has 0 saturated heterocycles. The van der Waals surface area contributed by atoms with Crippen LogP contribution < -0.4 is 14.2 Å². The molecule has 0 N–H and O–H groups in total. The minimum atomic E-state index is -0.170. The summed E-state index contributed by atoms with van der Waals surface area (Å²) in [5.74, 6) is 3.44. The molecule has 0 aliphatic heterocycles. The summed E-state index contributed by atoms with van der Waals surface area (Å²) in [4.78, 5) is 4.87. The molecule has 1 atom stereocenters. The fourth-order valence-corrected chi connectivity index (χ4v) is 3.67. The summed E-state index contributed by atoms with van der Waals surface area (Å²) in [6.07, 6.45) is 0.688. The lowest BCUT2D eigenvalue weighted by atomic mass is 10.2. The highest BCUT2D eigenvalue weighted by Gasteiger charge is 2.18. The van der Waals surface area contributed by atoms with Crippen LogP contribution in [0.2, 0.25) is 0 Å². The molecule has 31 heavy (non-hydrogen) atoms. The van der Waals surface area contributed by atoms with Gasteiger partial charge in [0.2, 0.25) is 0 Å². The number of rotatable bonds is 9. The summed E-state index contributed by atoms with van der Waals surface area (Å²) in [7, 11) is 1.66. The number of hydrogen-bond donors (Lipinski definition) is 0. The zero-order valence-corrected chi connectivity index (χ0v) is 18.2. The fraction of sp³-hybridized carbons (Fsp3) is 0.269. The van der Waals surface area contributed by atoms with Crippen molar-refractivity contribution in [2.24, 2.45) is 0 Å². The molecular weight excluding hydrogens is 388 g/mol. The average Bonchev–Trinajstić information content (AvgIpc) is 3.16. The molecule has 5 nitrogen and oxygen atoms in total. The normalized spacial score (nSPS) is 12.0. The Balaban J connectivity index is 1.46. The molecule has 1 heterocycles. The van der Waals surface area contributed by atoms with E-state index in [2.05, 4.69) is 23.6 Å². The number of methoxy groups -OCH3 is 1. The molecule has 1 aromatic heterocycles. The van der Waals surface area contributed by atoms with Crippen molar-refractivity contribution in [3.63, 3.8) is 0 Å². The number of fused-ring (bicyclic) bond motifs is 1. The lowest BCUT2D eigenvalue weighted by molar-refractivity contribution is 0.210. The van der Waals surface area contributed by atoms with Crippen molar-refractivity contribution in [2.75, 3.05) is 13.7 Å². The van der Waals surface area contributed by atoms with Crippen LogP contribution in [0, 0.1) is 6.92 Å². The molecule has 0 bridgehead atoms. The smallest absolute Gasteiger partial charge is 0.153 e. The minimum Gasteiger partial charge on any atom is -0.497 e. The highest BCUT2D eigenvalue weighted by molar-refractivity contribution is 5.76. The van der Waals surface area contributed by atoms with Crippen LogP contribution in [0.25, 0.3) is 11.0 Å². The summed E-state index contributed by atoms with van der Waals surface area (Å²) < 4.78 is 19.6. The summed E-state index contributed by atoms with van der Waals surface area (Å²) >= 11 is 0. The Morgan fingerprint density at radius 3 is 2.45 bits per heavy atom. The van der Waals surface area contributed by atoms with Crippen LogP contribution in [-0.4, -0.2) is 23.3 Å². The number of nitrogens with zero attached hydrogens (tertiary/aromatic N) is 2. The summed E-state index contributed by atoms with van der Waals surface area (Å²) in [5, 5.41) is 0. The topological polar surface area (TPSA) is 45.5 Å². The van der Waals surface area contributed by atoms with Gasteiger partial charge >= 0.3 is 0 Å². The van der Waals surface area contributed by atoms with E-state index in [-0.39, 0.29) is 6.10 Å². The number of aromatic nitrogens is 2. The number of para-hydroxylation sites is 2. The van der Waals surface area contributed by atoms with Crippen molar-refractivity contribution in [3.05, 3.63) is 84.2 Å². The second-order valence-corrected chi connectivity index (χ2v) is 7.56. The maximum atomic E-state index is 6.22. The zero-order valence-electron chi connectivity index (χ0n) is 18.2. The third-order valence-electron chi connectivity index (χ3n) is 5.20. The molecule has 5 heteroatoms. The quantitative estimate of drug-likeness (QED) is 0.316. The molecule has 0 spiro atoms. The predicted molar refractivity (Wildman–Crippen MR) is 123 cm³/mol. The Hall–Kier alpha value is -3.47. The van der Waals surface area contributed by atoms with Gasteiger partial charge in [-0.2, -0.15) is 0 Å². The molecule has 4 rings (SSSR count). The van der Waals surface area contributed by atoms with E-state index >= 15 is 0 Å². The Morgan fingerprint density at radius 1 is 0.903 bits per heavy atom. The summed E-state index contributed by atoms with van der Waals surface area (Å²) in [5.41, 5.74) is 3.27. The van der Waals surface area contributed by atoms with Crippen molar-refractivity contribution < 1.29 is 14.2 Å². The van der Waals surface area contributed by atoms with Gasteiger partial charge in [-0.15, -0.1) is 0 Å². The van der Waals surface area contributed by atoms with Crippen molar-refractivity contribution in [2.45, 2.75) is 32.9 Å². The van der Waals surface area contributed by atoms with E-state index in [1.54, 1.807) is 7.11 Å². The van der Waals surface area contributed by atoms with Gasteiger partial charge in [-0.1, -0.05) is 24.3 Å². The predicted octanol–water partition coefficient (Wildman–Crippen LogP) is 5.96. The van der Waals surface area contributed by atoms with Crippen molar-refractivity contribution in [1.29, 1.82) is 0 Å². The second kappa shape index (κ2) is 9.56. The van der Waals surface area contributed by atoms with Crippen LogP contribution in [-0.2, 0) is 6.54 Å². The summed E-state index contributed by atoms with van der Waals surface area (Å²) in [6, 6.07) is 24.0. The van der Waals surface area contributed by atoms with E-state index in [0.717, 1.165) is 47.1 Å². The Morgan fingerprint density at radius 2 is 1.68 bits per heavy atom. The van der Waals surface area contributed by atoms with E-state index in [1.807, 2.05) is 67.6 Å². The van der Waals surface area contributed by atoms with Crippen LogP contribution in [0.5, 0.6) is 17.2 Å². The van der Waals surface area contributed by atoms with E-state index in [4.69, 9.17) is 19.2 Å². The maximum absolute atomic E-state index is 6.22. The van der Waals surface area contributed by atoms with Gasteiger partial charge in [-0.3, -0.25) is 0 Å². The Bertz CT molecular complexity index is 1140. The lowest BCUT2D eigenvalue weighted by Gasteiger charge is -2.17. The maximum Gasteiger partial charge on any atom is 0.153 e. The van der Waals surface area contributed by atoms with Crippen LogP contribution in [0.4, 0.5) is 0 Å². The number of benzene rings is 3. The molecule has 0 aliphatic carbocycles. The van der Waals surface area contributed by atoms with Crippen LogP contribution in [0.3, 0.4) is 0 Å². The third kappa shape index (κ3) is 5.00.